The van der Waals surface area contributed by atoms with Crippen LogP contribution < -0.4 is 14.4 Å². The lowest BCUT2D eigenvalue weighted by Crippen LogP contribution is -2.26. The van der Waals surface area contributed by atoms with Crippen LogP contribution >= 0.6 is 7.82 Å². The van der Waals surface area contributed by atoms with Gasteiger partial charge in [0.05, 0.1) is 19.8 Å². The van der Waals surface area contributed by atoms with Gasteiger partial charge in [0.15, 0.2) is 11.5 Å². The standard InChI is InChI=1S/C22H27O8P/c1-14-8-9-15(12-21(14)29-30-31(24,25)26)17-6-4-5-7-18(17)22(23)19-13-16(27-2)10-11-20(19)28-3/h8-13,17-18H,4-7H2,1-3H3,(H2,24,25,26). The van der Waals surface area contributed by atoms with Crippen molar-refractivity contribution in [2.45, 2.75) is 38.5 Å². The SMILES string of the molecule is COc1ccc(OC)c(C(=O)C2CCCCC2c2ccc(C)c(OOP(=O)(O)O)c2)c1. The molecule has 1 fully saturated rings. The summed E-state index contributed by atoms with van der Waals surface area (Å²) in [6, 6.07) is 10.6. The minimum Gasteiger partial charge on any atom is -0.497 e. The van der Waals surface area contributed by atoms with E-state index in [1.54, 1.807) is 44.4 Å². The van der Waals surface area contributed by atoms with Gasteiger partial charge in [-0.2, -0.15) is 0 Å². The van der Waals surface area contributed by atoms with Crippen molar-refractivity contribution in [3.63, 3.8) is 0 Å². The first-order valence-electron chi connectivity index (χ1n) is 10.0. The number of aryl methyl sites for hydroxylation is 1. The third-order valence-corrected chi connectivity index (χ3v) is 5.91. The molecular formula is C22H27O8P. The van der Waals surface area contributed by atoms with Crippen LogP contribution in [0.1, 0.15) is 53.1 Å². The molecule has 8 nitrogen and oxygen atoms in total. The van der Waals surface area contributed by atoms with E-state index in [2.05, 4.69) is 4.67 Å². The van der Waals surface area contributed by atoms with E-state index in [0.29, 0.717) is 22.6 Å². The Morgan fingerprint density at radius 3 is 2.42 bits per heavy atom. The van der Waals surface area contributed by atoms with Gasteiger partial charge in [0.1, 0.15) is 11.5 Å². The molecule has 0 radical (unpaired) electrons. The van der Waals surface area contributed by atoms with Crippen LogP contribution in [-0.2, 0) is 9.24 Å². The van der Waals surface area contributed by atoms with Crippen LogP contribution in [-0.4, -0.2) is 29.8 Å². The quantitative estimate of drug-likeness (QED) is 0.260. The van der Waals surface area contributed by atoms with Crippen molar-refractivity contribution >= 4 is 13.6 Å². The summed E-state index contributed by atoms with van der Waals surface area (Å²) in [4.78, 5) is 36.3. The molecular weight excluding hydrogens is 423 g/mol. The number of carbonyl (C=O) groups excluding carboxylic acids is 1. The van der Waals surface area contributed by atoms with E-state index in [9.17, 15) is 9.36 Å². The van der Waals surface area contributed by atoms with Gasteiger partial charge in [0, 0.05) is 5.92 Å². The van der Waals surface area contributed by atoms with E-state index in [1.165, 1.54) is 7.11 Å². The van der Waals surface area contributed by atoms with Crippen LogP contribution in [0.5, 0.6) is 17.2 Å². The van der Waals surface area contributed by atoms with E-state index in [4.69, 9.17) is 24.1 Å². The van der Waals surface area contributed by atoms with E-state index in [1.807, 2.05) is 6.07 Å². The predicted octanol–water partition coefficient (Wildman–Crippen LogP) is 4.57. The molecule has 0 saturated heterocycles. The van der Waals surface area contributed by atoms with Crippen LogP contribution in [0.3, 0.4) is 0 Å². The van der Waals surface area contributed by atoms with Crippen molar-refractivity contribution in [2.75, 3.05) is 14.2 Å². The highest BCUT2D eigenvalue weighted by Gasteiger charge is 2.34. The third-order valence-electron chi connectivity index (χ3n) is 5.64. The highest BCUT2D eigenvalue weighted by Crippen LogP contribution is 2.43. The Balaban J connectivity index is 1.93. The summed E-state index contributed by atoms with van der Waals surface area (Å²) in [6.45, 7) is 1.74. The van der Waals surface area contributed by atoms with Gasteiger partial charge in [0.2, 0.25) is 0 Å². The van der Waals surface area contributed by atoms with Crippen molar-refractivity contribution < 1.29 is 38.2 Å². The molecule has 1 saturated carbocycles. The molecule has 31 heavy (non-hydrogen) atoms. The number of benzene rings is 2. The Bertz CT molecular complexity index is 983. The van der Waals surface area contributed by atoms with Gasteiger partial charge >= 0.3 is 7.82 Å². The second-order valence-corrected chi connectivity index (χ2v) is 8.73. The first kappa shape index (κ1) is 23.3. The Kier molecular flexibility index (Phi) is 7.38. The maximum absolute atomic E-state index is 13.5. The molecule has 2 N–H and O–H groups in total. The largest absolute Gasteiger partial charge is 0.505 e. The summed E-state index contributed by atoms with van der Waals surface area (Å²) < 4.78 is 25.9. The molecule has 0 aromatic heterocycles. The van der Waals surface area contributed by atoms with Gasteiger partial charge in [-0.05, 0) is 61.1 Å². The van der Waals surface area contributed by atoms with Crippen LogP contribution in [0.2, 0.25) is 0 Å². The van der Waals surface area contributed by atoms with E-state index in [-0.39, 0.29) is 23.4 Å². The van der Waals surface area contributed by atoms with Crippen LogP contribution in [0.4, 0.5) is 0 Å². The zero-order valence-electron chi connectivity index (χ0n) is 17.7. The average molecular weight is 450 g/mol. The molecule has 3 rings (SSSR count). The molecule has 0 spiro atoms. The minimum atomic E-state index is -4.79. The van der Waals surface area contributed by atoms with Crippen molar-refractivity contribution in [1.29, 1.82) is 0 Å². The molecule has 1 aliphatic carbocycles. The van der Waals surface area contributed by atoms with Gasteiger partial charge in [-0.25, -0.2) is 4.57 Å². The number of carbonyl (C=O) groups is 1. The fraction of sp³-hybridized carbons (Fsp3) is 0.409. The summed E-state index contributed by atoms with van der Waals surface area (Å²) in [5, 5.41) is 0. The highest BCUT2D eigenvalue weighted by molar-refractivity contribution is 7.46. The molecule has 0 heterocycles. The molecule has 2 unspecified atom stereocenters. The van der Waals surface area contributed by atoms with Crippen molar-refractivity contribution in [3.8, 4) is 17.2 Å². The summed E-state index contributed by atoms with van der Waals surface area (Å²) in [5.74, 6) is 0.921. The fourth-order valence-electron chi connectivity index (χ4n) is 4.08. The maximum atomic E-state index is 13.5. The van der Waals surface area contributed by atoms with E-state index < -0.39 is 7.82 Å². The number of hydrogen-bond donors (Lipinski definition) is 2. The Labute approximate surface area is 181 Å². The lowest BCUT2D eigenvalue weighted by Gasteiger charge is -2.31. The predicted molar refractivity (Wildman–Crippen MR) is 114 cm³/mol. The molecule has 0 bridgehead atoms. The zero-order valence-corrected chi connectivity index (χ0v) is 18.6. The average Bonchev–Trinajstić information content (AvgIpc) is 2.77. The smallest absolute Gasteiger partial charge is 0.497 e. The second-order valence-electron chi connectivity index (χ2n) is 7.60. The number of ketones is 1. The number of Topliss-reactive ketones (excluding diaryl/α,β-unsaturated/α-hetero) is 1. The van der Waals surface area contributed by atoms with Crippen molar-refractivity contribution in [3.05, 3.63) is 53.1 Å². The minimum absolute atomic E-state index is 0.0186. The van der Waals surface area contributed by atoms with Gasteiger partial charge in [0.25, 0.3) is 0 Å². The molecule has 2 aromatic carbocycles. The first-order chi connectivity index (χ1) is 14.7. The van der Waals surface area contributed by atoms with Crippen molar-refractivity contribution in [2.24, 2.45) is 5.92 Å². The molecule has 1 aliphatic rings. The molecule has 0 amide bonds. The maximum Gasteiger partial charge on any atom is 0.505 e. The van der Waals surface area contributed by atoms with Crippen LogP contribution in [0.25, 0.3) is 0 Å². The van der Waals surface area contributed by atoms with E-state index in [0.717, 1.165) is 31.2 Å². The summed E-state index contributed by atoms with van der Waals surface area (Å²) in [6.07, 6.45) is 3.46. The molecule has 9 heteroatoms. The first-order valence-corrected chi connectivity index (χ1v) is 11.5. The number of hydrogen-bond acceptors (Lipinski definition) is 6. The molecule has 2 aromatic rings. The summed E-state index contributed by atoms with van der Waals surface area (Å²) in [5.41, 5.74) is 1.99. The topological polar surface area (TPSA) is 112 Å². The molecule has 168 valence electrons. The monoisotopic (exact) mass is 450 g/mol. The Morgan fingerprint density at radius 1 is 1.00 bits per heavy atom. The van der Waals surface area contributed by atoms with Crippen LogP contribution in [0, 0.1) is 12.8 Å². The highest BCUT2D eigenvalue weighted by atomic mass is 31.2. The normalized spacial score (nSPS) is 19.0. The Hall–Kier alpha value is -2.38. The summed E-state index contributed by atoms with van der Waals surface area (Å²) in [7, 11) is -1.71. The zero-order chi connectivity index (χ0) is 22.6. The lowest BCUT2D eigenvalue weighted by molar-refractivity contribution is -0.123. The number of phosphoric acid groups is 1. The Morgan fingerprint density at radius 2 is 1.74 bits per heavy atom. The van der Waals surface area contributed by atoms with Gasteiger partial charge < -0.3 is 24.1 Å². The van der Waals surface area contributed by atoms with Crippen LogP contribution in [0.15, 0.2) is 36.4 Å². The summed E-state index contributed by atoms with van der Waals surface area (Å²) >= 11 is 0. The fourth-order valence-corrected chi connectivity index (χ4v) is 4.25. The van der Waals surface area contributed by atoms with E-state index >= 15 is 0 Å². The molecule has 0 aliphatic heterocycles. The second kappa shape index (κ2) is 9.83. The van der Waals surface area contributed by atoms with Gasteiger partial charge in [-0.15, -0.1) is 0 Å². The number of ether oxygens (including phenoxy) is 2. The van der Waals surface area contributed by atoms with Gasteiger partial charge in [-0.3, -0.25) is 4.79 Å². The number of methoxy groups -OCH3 is 2. The number of rotatable bonds is 8. The van der Waals surface area contributed by atoms with Crippen molar-refractivity contribution in [1.82, 2.24) is 0 Å². The lowest BCUT2D eigenvalue weighted by atomic mass is 9.72. The van der Waals surface area contributed by atoms with Gasteiger partial charge in [-0.1, -0.05) is 29.6 Å². The third kappa shape index (κ3) is 5.66. The molecule has 2 atom stereocenters.